The zero-order chi connectivity index (χ0) is 20.8. The summed E-state index contributed by atoms with van der Waals surface area (Å²) in [5, 5.41) is 3.12. The van der Waals surface area contributed by atoms with Gasteiger partial charge in [0.25, 0.3) is 0 Å². The van der Waals surface area contributed by atoms with Crippen LogP contribution in [0.1, 0.15) is 20.3 Å². The van der Waals surface area contributed by atoms with Gasteiger partial charge in [0.15, 0.2) is 0 Å². The van der Waals surface area contributed by atoms with Crippen LogP contribution >= 0.6 is 0 Å². The highest BCUT2D eigenvalue weighted by atomic mass is 32.2. The van der Waals surface area contributed by atoms with Crippen molar-refractivity contribution < 1.29 is 21.6 Å². The van der Waals surface area contributed by atoms with E-state index in [4.69, 9.17) is 4.74 Å². The van der Waals surface area contributed by atoms with Crippen LogP contribution in [0.25, 0.3) is 0 Å². The average Bonchev–Trinajstić information content (AvgIpc) is 2.68. The molecule has 1 aromatic carbocycles. The minimum absolute atomic E-state index is 0.0622. The molecule has 0 saturated carbocycles. The van der Waals surface area contributed by atoms with E-state index in [1.807, 2.05) is 13.8 Å². The molecule has 1 saturated heterocycles. The van der Waals surface area contributed by atoms with E-state index >= 15 is 0 Å². The number of benzene rings is 1. The first kappa shape index (κ1) is 23.1. The van der Waals surface area contributed by atoms with Crippen molar-refractivity contribution in [1.29, 1.82) is 0 Å². The van der Waals surface area contributed by atoms with E-state index in [1.54, 1.807) is 12.1 Å². The van der Waals surface area contributed by atoms with Crippen molar-refractivity contribution in [3.63, 3.8) is 0 Å². The fourth-order valence-corrected chi connectivity index (χ4v) is 5.94. The van der Waals surface area contributed by atoms with Crippen molar-refractivity contribution in [2.24, 2.45) is 5.92 Å². The first-order chi connectivity index (χ1) is 13.2. The zero-order valence-electron chi connectivity index (χ0n) is 16.8. The number of nitrogens with zero attached hydrogens (tertiary/aromatic N) is 2. The number of hydrogen-bond acceptors (Lipinski definition) is 6. The summed E-state index contributed by atoms with van der Waals surface area (Å²) in [6.07, 6.45) is 0.656. The van der Waals surface area contributed by atoms with Gasteiger partial charge in [-0.2, -0.15) is 8.61 Å². The minimum atomic E-state index is -3.79. The maximum absolute atomic E-state index is 13.1. The Balaban J connectivity index is 2.17. The van der Waals surface area contributed by atoms with Gasteiger partial charge in [-0.05, 0) is 36.6 Å². The Labute approximate surface area is 169 Å². The Morgan fingerprint density at radius 1 is 1.07 bits per heavy atom. The van der Waals surface area contributed by atoms with Gasteiger partial charge in [0.2, 0.25) is 20.0 Å². The summed E-state index contributed by atoms with van der Waals surface area (Å²) in [7, 11) is -5.78. The van der Waals surface area contributed by atoms with Crippen molar-refractivity contribution in [3.8, 4) is 5.75 Å². The molecule has 0 radical (unpaired) electrons. The number of sulfonamides is 2. The minimum Gasteiger partial charge on any atom is -0.497 e. The quantitative estimate of drug-likeness (QED) is 0.591. The third kappa shape index (κ3) is 6.15. The molecule has 0 unspecified atom stereocenters. The van der Waals surface area contributed by atoms with Crippen molar-refractivity contribution in [3.05, 3.63) is 24.3 Å². The fraction of sp³-hybridized carbons (Fsp3) is 0.667. The number of methoxy groups -OCH3 is 1. The molecule has 1 aromatic rings. The Morgan fingerprint density at radius 2 is 1.68 bits per heavy atom. The molecule has 0 bridgehead atoms. The van der Waals surface area contributed by atoms with E-state index in [1.165, 1.54) is 27.9 Å². The van der Waals surface area contributed by atoms with Gasteiger partial charge in [-0.1, -0.05) is 13.8 Å². The predicted molar refractivity (Wildman–Crippen MR) is 109 cm³/mol. The lowest BCUT2D eigenvalue weighted by atomic mass is 10.1. The van der Waals surface area contributed by atoms with Crippen LogP contribution in [-0.4, -0.2) is 77.6 Å². The standard InChI is InChI=1S/C18H31N3O5S2/c1-16(2)8-11-21(14-15-27(22,23)20-12-9-19-10-13-20)28(24,25)18-6-4-17(26-3)5-7-18/h4-7,16,19H,8-15H2,1-3H3. The molecule has 2 rings (SSSR count). The van der Waals surface area contributed by atoms with Crippen molar-refractivity contribution in [1.82, 2.24) is 13.9 Å². The molecule has 1 fully saturated rings. The van der Waals surface area contributed by atoms with Crippen LogP contribution in [0.15, 0.2) is 29.2 Å². The molecule has 28 heavy (non-hydrogen) atoms. The second-order valence-corrected chi connectivity index (χ2v) is 11.3. The van der Waals surface area contributed by atoms with E-state index in [0.29, 0.717) is 44.3 Å². The van der Waals surface area contributed by atoms with Crippen molar-refractivity contribution >= 4 is 20.0 Å². The Hall–Kier alpha value is -1.20. The molecule has 1 aliphatic rings. The lowest BCUT2D eigenvalue weighted by molar-refractivity contribution is 0.353. The van der Waals surface area contributed by atoms with Crippen LogP contribution in [-0.2, 0) is 20.0 Å². The Bertz CT molecular complexity index is 817. The van der Waals surface area contributed by atoms with Gasteiger partial charge in [-0.25, -0.2) is 16.8 Å². The fourth-order valence-electron chi connectivity index (χ4n) is 2.92. The molecular weight excluding hydrogens is 402 g/mol. The van der Waals surface area contributed by atoms with Gasteiger partial charge >= 0.3 is 0 Å². The van der Waals surface area contributed by atoms with E-state index in [0.717, 1.165) is 0 Å². The topological polar surface area (TPSA) is 96.0 Å². The largest absolute Gasteiger partial charge is 0.497 e. The predicted octanol–water partition coefficient (Wildman–Crippen LogP) is 0.967. The zero-order valence-corrected chi connectivity index (χ0v) is 18.4. The number of ether oxygens (including phenoxy) is 1. The Kier molecular flexibility index (Phi) is 8.26. The molecule has 10 heteroatoms. The smallest absolute Gasteiger partial charge is 0.243 e. The second kappa shape index (κ2) is 10.0. The first-order valence-electron chi connectivity index (χ1n) is 9.49. The summed E-state index contributed by atoms with van der Waals surface area (Å²) >= 11 is 0. The summed E-state index contributed by atoms with van der Waals surface area (Å²) in [6.45, 7) is 6.29. The average molecular weight is 434 g/mol. The molecule has 160 valence electrons. The summed E-state index contributed by atoms with van der Waals surface area (Å²) in [6, 6.07) is 6.15. The first-order valence-corrected chi connectivity index (χ1v) is 12.5. The molecular formula is C18H31N3O5S2. The van der Waals surface area contributed by atoms with Crippen LogP contribution in [0, 0.1) is 5.92 Å². The molecule has 0 spiro atoms. The molecule has 1 heterocycles. The maximum atomic E-state index is 13.1. The van der Waals surface area contributed by atoms with Crippen LogP contribution in [0.2, 0.25) is 0 Å². The lowest BCUT2D eigenvalue weighted by Crippen LogP contribution is -2.48. The summed E-state index contributed by atoms with van der Waals surface area (Å²) < 4.78 is 59.3. The van der Waals surface area contributed by atoms with Gasteiger partial charge in [0.05, 0.1) is 17.8 Å². The van der Waals surface area contributed by atoms with Crippen LogP contribution in [0.5, 0.6) is 5.75 Å². The normalized spacial score (nSPS) is 16.6. The maximum Gasteiger partial charge on any atom is 0.243 e. The lowest BCUT2D eigenvalue weighted by Gasteiger charge is -2.28. The van der Waals surface area contributed by atoms with Crippen molar-refractivity contribution in [2.75, 3.05) is 52.1 Å². The van der Waals surface area contributed by atoms with E-state index in [9.17, 15) is 16.8 Å². The third-order valence-corrected chi connectivity index (χ3v) is 8.48. The Morgan fingerprint density at radius 3 is 2.21 bits per heavy atom. The van der Waals surface area contributed by atoms with Crippen LogP contribution in [0.4, 0.5) is 0 Å². The van der Waals surface area contributed by atoms with Gasteiger partial charge in [0, 0.05) is 39.3 Å². The van der Waals surface area contributed by atoms with Gasteiger partial charge < -0.3 is 10.1 Å². The molecule has 0 amide bonds. The number of nitrogens with one attached hydrogen (secondary N) is 1. The van der Waals surface area contributed by atoms with E-state index in [2.05, 4.69) is 5.32 Å². The SMILES string of the molecule is COc1ccc(S(=O)(=O)N(CCC(C)C)CCS(=O)(=O)N2CCNCC2)cc1. The molecule has 1 aliphatic heterocycles. The van der Waals surface area contributed by atoms with Crippen LogP contribution < -0.4 is 10.1 Å². The van der Waals surface area contributed by atoms with Gasteiger partial charge in [-0.15, -0.1) is 0 Å². The molecule has 0 aliphatic carbocycles. The summed E-state index contributed by atoms with van der Waals surface area (Å²) in [5.41, 5.74) is 0. The number of rotatable bonds is 10. The number of hydrogen-bond donors (Lipinski definition) is 1. The summed E-state index contributed by atoms with van der Waals surface area (Å²) in [4.78, 5) is 0.136. The second-order valence-electron chi connectivity index (χ2n) is 7.23. The highest BCUT2D eigenvalue weighted by Crippen LogP contribution is 2.21. The highest BCUT2D eigenvalue weighted by Gasteiger charge is 2.29. The van der Waals surface area contributed by atoms with Crippen molar-refractivity contribution in [2.45, 2.75) is 25.2 Å². The molecule has 8 nitrogen and oxygen atoms in total. The van der Waals surface area contributed by atoms with Crippen LogP contribution in [0.3, 0.4) is 0 Å². The van der Waals surface area contributed by atoms with E-state index in [-0.39, 0.29) is 23.7 Å². The molecule has 0 aromatic heterocycles. The van der Waals surface area contributed by atoms with Gasteiger partial charge in [-0.3, -0.25) is 0 Å². The molecule has 1 N–H and O–H groups in total. The number of piperazine rings is 1. The highest BCUT2D eigenvalue weighted by molar-refractivity contribution is 7.90. The van der Waals surface area contributed by atoms with E-state index < -0.39 is 20.0 Å². The monoisotopic (exact) mass is 433 g/mol. The summed E-state index contributed by atoms with van der Waals surface area (Å²) in [5.74, 6) is 0.646. The third-order valence-electron chi connectivity index (χ3n) is 4.72. The van der Waals surface area contributed by atoms with Gasteiger partial charge in [0.1, 0.15) is 5.75 Å². The molecule has 0 atom stereocenters.